The Morgan fingerprint density at radius 3 is 2.26 bits per heavy atom. The van der Waals surface area contributed by atoms with Crippen molar-refractivity contribution in [3.63, 3.8) is 0 Å². The van der Waals surface area contributed by atoms with E-state index in [-0.39, 0.29) is 5.78 Å². The summed E-state index contributed by atoms with van der Waals surface area (Å²) >= 11 is 0. The second-order valence-corrected chi connectivity index (χ2v) is 4.72. The molecule has 19 heavy (non-hydrogen) atoms. The largest absolute Gasteiger partial charge is 0.291 e. The predicted octanol–water partition coefficient (Wildman–Crippen LogP) is 3.34. The van der Waals surface area contributed by atoms with Crippen LogP contribution in [0.5, 0.6) is 0 Å². The smallest absolute Gasteiger partial charge is 0.197 e. The monoisotopic (exact) mass is 252 g/mol. The van der Waals surface area contributed by atoms with E-state index in [1.807, 2.05) is 37.3 Å². The van der Waals surface area contributed by atoms with Crippen LogP contribution in [0.1, 0.15) is 29.3 Å². The van der Waals surface area contributed by atoms with E-state index in [0.29, 0.717) is 17.7 Å². The maximum Gasteiger partial charge on any atom is 0.197 e. The van der Waals surface area contributed by atoms with E-state index in [0.717, 1.165) is 10.6 Å². The maximum atomic E-state index is 12.7. The summed E-state index contributed by atoms with van der Waals surface area (Å²) in [7, 11) is 0. The number of fused-ring (bicyclic) bond motifs is 1. The lowest BCUT2D eigenvalue weighted by Gasteiger charge is -2.31. The second kappa shape index (κ2) is 4.21. The first-order valence-electron chi connectivity index (χ1n) is 6.38. The minimum Gasteiger partial charge on any atom is -0.291 e. The average Bonchev–Trinajstić information content (AvgIpc) is 2.70. The van der Waals surface area contributed by atoms with Gasteiger partial charge in [0.05, 0.1) is 5.69 Å². The van der Waals surface area contributed by atoms with Crippen molar-refractivity contribution in [2.45, 2.75) is 18.9 Å². The van der Waals surface area contributed by atoms with Crippen molar-refractivity contribution in [1.82, 2.24) is 0 Å². The van der Waals surface area contributed by atoms with Crippen LogP contribution >= 0.6 is 0 Å². The second-order valence-electron chi connectivity index (χ2n) is 4.72. The van der Waals surface area contributed by atoms with E-state index in [9.17, 15) is 10.0 Å². The van der Waals surface area contributed by atoms with Crippen LogP contribution in [-0.4, -0.2) is 5.78 Å². The van der Waals surface area contributed by atoms with Gasteiger partial charge < -0.3 is 0 Å². The normalized spacial score (nSPS) is 21.6. The van der Waals surface area contributed by atoms with Crippen LogP contribution in [0.4, 0.5) is 5.69 Å². The number of nitrogens with zero attached hydrogens (tertiary/aromatic N) is 1. The van der Waals surface area contributed by atoms with Gasteiger partial charge in [-0.15, -0.1) is 0 Å². The molecule has 1 aliphatic heterocycles. The summed E-state index contributed by atoms with van der Waals surface area (Å²) in [6, 6.07) is 16.3. The van der Waals surface area contributed by atoms with Crippen LogP contribution in [0, 0.1) is 0 Å². The Morgan fingerprint density at radius 2 is 1.63 bits per heavy atom. The fourth-order valence-corrected chi connectivity index (χ4v) is 2.83. The topological polar surface area (TPSA) is 40.2 Å². The van der Waals surface area contributed by atoms with Crippen LogP contribution in [0.15, 0.2) is 54.6 Å². The first kappa shape index (κ1) is 11.9. The maximum absolute atomic E-state index is 12.7. The summed E-state index contributed by atoms with van der Waals surface area (Å²) in [5.41, 5.74) is 0.639. The minimum absolute atomic E-state index is 0.105. The molecule has 1 heterocycles. The lowest BCUT2D eigenvalue weighted by atomic mass is 9.83. The Balaban J connectivity index is 2.23. The van der Waals surface area contributed by atoms with Crippen molar-refractivity contribution in [3.05, 3.63) is 65.7 Å². The third-order valence-corrected chi connectivity index (χ3v) is 3.85. The molecule has 0 aromatic heterocycles. The number of benzene rings is 2. The molecule has 0 N–H and O–H groups in total. The Labute approximate surface area is 112 Å². The van der Waals surface area contributed by atoms with E-state index in [2.05, 4.69) is 0 Å². The van der Waals surface area contributed by atoms with E-state index in [1.165, 1.54) is 0 Å². The molecule has 0 saturated carbocycles. The summed E-state index contributed by atoms with van der Waals surface area (Å²) in [6.07, 6.45) is 0.452. The van der Waals surface area contributed by atoms with Crippen molar-refractivity contribution in [3.8, 4) is 0 Å². The predicted molar refractivity (Wildman–Crippen MR) is 72.3 cm³/mol. The fourth-order valence-electron chi connectivity index (χ4n) is 2.83. The molecule has 1 unspecified atom stereocenters. The lowest BCUT2D eigenvalue weighted by Crippen LogP contribution is -2.44. The van der Waals surface area contributed by atoms with Crippen molar-refractivity contribution in [2.24, 2.45) is 0 Å². The molecule has 0 amide bonds. The van der Waals surface area contributed by atoms with Crippen LogP contribution in [-0.2, 0) is 10.7 Å². The van der Waals surface area contributed by atoms with Gasteiger partial charge >= 0.3 is 0 Å². The molecule has 0 saturated heterocycles. The average molecular weight is 252 g/mol. The SMILES string of the molecule is CCC1(c2ccccc2)C(=O)c2ccccc2N1[O]. The third kappa shape index (κ3) is 1.45. The molecule has 1 radical (unpaired) electrons. The van der Waals surface area contributed by atoms with Gasteiger partial charge in [0.2, 0.25) is 0 Å². The third-order valence-electron chi connectivity index (χ3n) is 3.85. The van der Waals surface area contributed by atoms with Crippen LogP contribution < -0.4 is 5.06 Å². The van der Waals surface area contributed by atoms with Gasteiger partial charge in [-0.2, -0.15) is 0 Å². The molecular weight excluding hydrogens is 238 g/mol. The Hall–Kier alpha value is -2.13. The van der Waals surface area contributed by atoms with Gasteiger partial charge in [0.15, 0.2) is 11.3 Å². The number of Topliss-reactive ketones (excluding diaryl/α,β-unsaturated/α-hetero) is 1. The summed E-state index contributed by atoms with van der Waals surface area (Å²) < 4.78 is 0. The van der Waals surface area contributed by atoms with Gasteiger partial charge in [0, 0.05) is 5.56 Å². The highest BCUT2D eigenvalue weighted by atomic mass is 16.5. The summed E-state index contributed by atoms with van der Waals surface area (Å²) in [5, 5.41) is 13.5. The first-order chi connectivity index (χ1) is 9.21. The zero-order valence-corrected chi connectivity index (χ0v) is 10.7. The van der Waals surface area contributed by atoms with Crippen LogP contribution in [0.25, 0.3) is 0 Å². The van der Waals surface area contributed by atoms with Gasteiger partial charge in [-0.25, -0.2) is 5.06 Å². The van der Waals surface area contributed by atoms with Crippen LogP contribution in [0.3, 0.4) is 0 Å². The van der Waals surface area contributed by atoms with Crippen molar-refractivity contribution >= 4 is 11.5 Å². The molecule has 3 heteroatoms. The lowest BCUT2D eigenvalue weighted by molar-refractivity contribution is 0.0612. The quantitative estimate of drug-likeness (QED) is 0.822. The minimum atomic E-state index is -1.11. The molecule has 1 aliphatic rings. The zero-order chi connectivity index (χ0) is 13.5. The molecule has 0 bridgehead atoms. The molecule has 0 fully saturated rings. The fraction of sp³-hybridized carbons (Fsp3) is 0.188. The highest BCUT2D eigenvalue weighted by Gasteiger charge is 2.52. The summed E-state index contributed by atoms with van der Waals surface area (Å²) in [6.45, 7) is 1.88. The van der Waals surface area contributed by atoms with Gasteiger partial charge in [0.1, 0.15) is 0 Å². The molecule has 3 rings (SSSR count). The molecule has 2 aromatic carbocycles. The number of hydrogen-bond donors (Lipinski definition) is 0. The number of para-hydroxylation sites is 1. The molecule has 1 atom stereocenters. The van der Waals surface area contributed by atoms with Gasteiger partial charge in [-0.05, 0) is 24.1 Å². The molecule has 3 nitrogen and oxygen atoms in total. The number of hydrogen-bond acceptors (Lipinski definition) is 2. The number of carbonyl (C=O) groups excluding carboxylic acids is 1. The first-order valence-corrected chi connectivity index (χ1v) is 6.38. The number of rotatable bonds is 2. The van der Waals surface area contributed by atoms with Crippen molar-refractivity contribution in [2.75, 3.05) is 5.06 Å². The molecule has 2 aromatic rings. The number of anilines is 1. The molecular formula is C16H14NO2. The Kier molecular flexibility index (Phi) is 2.64. The molecule has 0 spiro atoms. The van der Waals surface area contributed by atoms with Gasteiger partial charge in [0.25, 0.3) is 0 Å². The van der Waals surface area contributed by atoms with E-state index < -0.39 is 5.54 Å². The summed E-state index contributed by atoms with van der Waals surface area (Å²) in [4.78, 5) is 12.7. The molecule has 0 aliphatic carbocycles. The zero-order valence-electron chi connectivity index (χ0n) is 10.7. The highest BCUT2D eigenvalue weighted by Crippen LogP contribution is 2.45. The van der Waals surface area contributed by atoms with Crippen molar-refractivity contribution in [1.29, 1.82) is 0 Å². The van der Waals surface area contributed by atoms with Gasteiger partial charge in [-0.1, -0.05) is 54.6 Å². The van der Waals surface area contributed by atoms with E-state index in [4.69, 9.17) is 0 Å². The standard InChI is InChI=1S/C16H14NO2/c1-2-16(12-8-4-3-5-9-12)15(18)13-10-6-7-11-14(13)17(16)19/h3-11H,2H2,1H3. The number of ketones is 1. The summed E-state index contributed by atoms with van der Waals surface area (Å²) in [5.74, 6) is -0.105. The highest BCUT2D eigenvalue weighted by molar-refractivity contribution is 6.13. The van der Waals surface area contributed by atoms with E-state index >= 15 is 0 Å². The van der Waals surface area contributed by atoms with Crippen molar-refractivity contribution < 1.29 is 10.0 Å². The number of hydroxylamine groups is 1. The molecule has 95 valence electrons. The van der Waals surface area contributed by atoms with E-state index in [1.54, 1.807) is 24.3 Å². The Morgan fingerprint density at radius 1 is 1.00 bits per heavy atom. The Bertz CT molecular complexity index is 624. The number of carbonyl (C=O) groups is 1. The van der Waals surface area contributed by atoms with Gasteiger partial charge in [-0.3, -0.25) is 4.79 Å². The van der Waals surface area contributed by atoms with Crippen LogP contribution in [0.2, 0.25) is 0 Å².